The molecule has 0 aliphatic heterocycles. The van der Waals surface area contributed by atoms with Crippen molar-refractivity contribution in [1.82, 2.24) is 10.3 Å². The molecule has 2 atom stereocenters. The fraction of sp³-hybridized carbons (Fsp3) is 0.786. The molecule has 2 rings (SSSR count). The van der Waals surface area contributed by atoms with Crippen LogP contribution < -0.4 is 5.32 Å². The van der Waals surface area contributed by atoms with Gasteiger partial charge in [0.1, 0.15) is 5.01 Å². The van der Waals surface area contributed by atoms with Crippen molar-refractivity contribution in [3.05, 3.63) is 16.1 Å². The SMILES string of the molecule is Cc1csc(C(C)NC2CCCCC2(C)C)n1. The Morgan fingerprint density at radius 3 is 2.82 bits per heavy atom. The third kappa shape index (κ3) is 3.08. The van der Waals surface area contributed by atoms with E-state index in [0.29, 0.717) is 17.5 Å². The molecule has 0 radical (unpaired) electrons. The molecule has 96 valence electrons. The maximum absolute atomic E-state index is 4.58. The first-order valence-corrected chi connectivity index (χ1v) is 7.55. The monoisotopic (exact) mass is 252 g/mol. The molecule has 1 aliphatic rings. The predicted molar refractivity (Wildman–Crippen MR) is 74.4 cm³/mol. The third-order valence-corrected chi connectivity index (χ3v) is 5.11. The highest BCUT2D eigenvalue weighted by atomic mass is 32.1. The molecule has 0 amide bonds. The number of hydrogen-bond acceptors (Lipinski definition) is 3. The Labute approximate surface area is 109 Å². The van der Waals surface area contributed by atoms with Crippen molar-refractivity contribution in [3.8, 4) is 0 Å². The summed E-state index contributed by atoms with van der Waals surface area (Å²) in [5, 5.41) is 7.15. The van der Waals surface area contributed by atoms with Gasteiger partial charge in [-0.2, -0.15) is 0 Å². The first kappa shape index (κ1) is 13.0. The second kappa shape index (κ2) is 5.07. The van der Waals surface area contributed by atoms with Gasteiger partial charge >= 0.3 is 0 Å². The lowest BCUT2D eigenvalue weighted by atomic mass is 9.73. The highest BCUT2D eigenvalue weighted by molar-refractivity contribution is 7.09. The standard InChI is InChI=1S/C14H24N2S/c1-10-9-17-13(15-10)11(2)16-12-7-5-6-8-14(12,3)4/h9,11-12,16H,5-8H2,1-4H3. The average Bonchev–Trinajstić information content (AvgIpc) is 2.68. The molecule has 1 fully saturated rings. The molecule has 0 aromatic carbocycles. The van der Waals surface area contributed by atoms with Gasteiger partial charge in [0, 0.05) is 17.1 Å². The highest BCUT2D eigenvalue weighted by Crippen LogP contribution is 2.36. The van der Waals surface area contributed by atoms with Crippen molar-refractivity contribution >= 4 is 11.3 Å². The molecular weight excluding hydrogens is 228 g/mol. The topological polar surface area (TPSA) is 24.9 Å². The van der Waals surface area contributed by atoms with Crippen LogP contribution in [0.4, 0.5) is 0 Å². The minimum absolute atomic E-state index is 0.385. The summed E-state index contributed by atoms with van der Waals surface area (Å²) in [4.78, 5) is 4.58. The van der Waals surface area contributed by atoms with Crippen LogP contribution in [0.2, 0.25) is 0 Å². The Bertz CT molecular complexity index is 370. The molecule has 1 aromatic heterocycles. The molecule has 2 unspecified atom stereocenters. The second-order valence-electron chi connectivity index (χ2n) is 6.00. The van der Waals surface area contributed by atoms with E-state index in [4.69, 9.17) is 0 Å². The number of thiazole rings is 1. The zero-order chi connectivity index (χ0) is 12.5. The van der Waals surface area contributed by atoms with Crippen LogP contribution in [0.1, 0.15) is 63.2 Å². The van der Waals surface area contributed by atoms with Crippen LogP contribution in [-0.2, 0) is 0 Å². The zero-order valence-corrected chi connectivity index (χ0v) is 12.2. The van der Waals surface area contributed by atoms with Crippen molar-refractivity contribution in [3.63, 3.8) is 0 Å². The van der Waals surface area contributed by atoms with Crippen LogP contribution in [-0.4, -0.2) is 11.0 Å². The van der Waals surface area contributed by atoms with Crippen LogP contribution in [0.3, 0.4) is 0 Å². The minimum atomic E-state index is 0.385. The van der Waals surface area contributed by atoms with Gasteiger partial charge in [-0.25, -0.2) is 4.98 Å². The van der Waals surface area contributed by atoms with Gasteiger partial charge in [-0.15, -0.1) is 11.3 Å². The van der Waals surface area contributed by atoms with Gasteiger partial charge in [0.15, 0.2) is 0 Å². The molecule has 0 bridgehead atoms. The van der Waals surface area contributed by atoms with Gasteiger partial charge in [-0.1, -0.05) is 26.7 Å². The van der Waals surface area contributed by atoms with Gasteiger partial charge in [0.25, 0.3) is 0 Å². The second-order valence-corrected chi connectivity index (χ2v) is 6.89. The largest absolute Gasteiger partial charge is 0.305 e. The summed E-state index contributed by atoms with van der Waals surface area (Å²) in [6.07, 6.45) is 5.40. The Kier molecular flexibility index (Phi) is 3.88. The van der Waals surface area contributed by atoms with Crippen LogP contribution in [0.25, 0.3) is 0 Å². The summed E-state index contributed by atoms with van der Waals surface area (Å²) in [7, 11) is 0. The fourth-order valence-corrected chi connectivity index (χ4v) is 3.56. The summed E-state index contributed by atoms with van der Waals surface area (Å²) in [5.74, 6) is 0. The lowest BCUT2D eigenvalue weighted by molar-refractivity contribution is 0.157. The van der Waals surface area contributed by atoms with Crippen molar-refractivity contribution in [2.24, 2.45) is 5.41 Å². The van der Waals surface area contributed by atoms with Crippen molar-refractivity contribution in [2.45, 2.75) is 65.5 Å². The molecule has 1 saturated carbocycles. The van der Waals surface area contributed by atoms with Gasteiger partial charge in [0.05, 0.1) is 6.04 Å². The maximum Gasteiger partial charge on any atom is 0.110 e. The van der Waals surface area contributed by atoms with E-state index in [9.17, 15) is 0 Å². The van der Waals surface area contributed by atoms with Crippen molar-refractivity contribution in [1.29, 1.82) is 0 Å². The molecule has 1 aliphatic carbocycles. The number of nitrogens with zero attached hydrogens (tertiary/aromatic N) is 1. The van der Waals surface area contributed by atoms with Crippen LogP contribution >= 0.6 is 11.3 Å². The van der Waals surface area contributed by atoms with E-state index >= 15 is 0 Å². The Morgan fingerprint density at radius 1 is 1.47 bits per heavy atom. The fourth-order valence-electron chi connectivity index (χ4n) is 2.75. The van der Waals surface area contributed by atoms with E-state index in [2.05, 4.69) is 43.4 Å². The molecule has 17 heavy (non-hydrogen) atoms. The number of hydrogen-bond donors (Lipinski definition) is 1. The molecule has 1 aromatic rings. The summed E-state index contributed by atoms with van der Waals surface area (Å²) < 4.78 is 0. The summed E-state index contributed by atoms with van der Waals surface area (Å²) in [6, 6.07) is 1.02. The van der Waals surface area contributed by atoms with E-state index < -0.39 is 0 Å². The van der Waals surface area contributed by atoms with Crippen molar-refractivity contribution in [2.75, 3.05) is 0 Å². The normalized spacial score (nSPS) is 25.8. The molecular formula is C14H24N2S. The zero-order valence-electron chi connectivity index (χ0n) is 11.4. The maximum atomic E-state index is 4.58. The Morgan fingerprint density at radius 2 is 2.24 bits per heavy atom. The van der Waals surface area contributed by atoms with E-state index in [1.54, 1.807) is 11.3 Å². The van der Waals surface area contributed by atoms with Gasteiger partial charge < -0.3 is 5.32 Å². The van der Waals surface area contributed by atoms with Gasteiger partial charge in [0.2, 0.25) is 0 Å². The number of aryl methyl sites for hydroxylation is 1. The average molecular weight is 252 g/mol. The molecule has 0 spiro atoms. The van der Waals surface area contributed by atoms with E-state index in [0.717, 1.165) is 5.69 Å². The van der Waals surface area contributed by atoms with Crippen LogP contribution in [0, 0.1) is 12.3 Å². The van der Waals surface area contributed by atoms with E-state index in [1.165, 1.54) is 30.7 Å². The first-order valence-electron chi connectivity index (χ1n) is 6.67. The minimum Gasteiger partial charge on any atom is -0.305 e. The lowest BCUT2D eigenvalue weighted by Gasteiger charge is -2.40. The van der Waals surface area contributed by atoms with Crippen LogP contribution in [0.5, 0.6) is 0 Å². The quantitative estimate of drug-likeness (QED) is 0.877. The number of aromatic nitrogens is 1. The number of rotatable bonds is 3. The smallest absolute Gasteiger partial charge is 0.110 e. The van der Waals surface area contributed by atoms with E-state index in [1.807, 2.05) is 0 Å². The van der Waals surface area contributed by atoms with Gasteiger partial charge in [-0.3, -0.25) is 0 Å². The summed E-state index contributed by atoms with van der Waals surface area (Å²) in [5.41, 5.74) is 1.57. The van der Waals surface area contributed by atoms with Crippen LogP contribution in [0.15, 0.2) is 5.38 Å². The first-order chi connectivity index (χ1) is 7.99. The van der Waals surface area contributed by atoms with Crippen molar-refractivity contribution < 1.29 is 0 Å². The predicted octanol–water partition coefficient (Wildman–Crippen LogP) is 4.07. The third-order valence-electron chi connectivity index (χ3n) is 3.97. The highest BCUT2D eigenvalue weighted by Gasteiger charge is 2.33. The molecule has 3 heteroatoms. The molecule has 2 nitrogen and oxygen atoms in total. The molecule has 1 N–H and O–H groups in total. The lowest BCUT2D eigenvalue weighted by Crippen LogP contribution is -2.45. The summed E-state index contributed by atoms with van der Waals surface area (Å²) in [6.45, 7) is 9.09. The Hall–Kier alpha value is -0.410. The number of nitrogens with one attached hydrogen (secondary N) is 1. The van der Waals surface area contributed by atoms with E-state index in [-0.39, 0.29) is 0 Å². The molecule has 0 saturated heterocycles. The molecule has 1 heterocycles. The summed E-state index contributed by atoms with van der Waals surface area (Å²) >= 11 is 1.77. The Balaban J connectivity index is 2.00. The van der Waals surface area contributed by atoms with Gasteiger partial charge in [-0.05, 0) is 32.1 Å².